The highest BCUT2D eigenvalue weighted by molar-refractivity contribution is 7.14. The molecule has 1 atom stereocenters. The molecule has 32 heavy (non-hydrogen) atoms. The number of esters is 1. The molecule has 0 aliphatic rings. The number of hydrogen-bond donors (Lipinski definition) is 0. The van der Waals surface area contributed by atoms with Crippen LogP contribution in [0.1, 0.15) is 19.5 Å². The maximum Gasteiger partial charge on any atom is 0.347 e. The van der Waals surface area contributed by atoms with E-state index in [0.717, 1.165) is 0 Å². The lowest BCUT2D eigenvalue weighted by Gasteiger charge is -2.20. The normalized spacial score (nSPS) is 11.5. The largest absolute Gasteiger partial charge is 0.495 e. The van der Waals surface area contributed by atoms with Crippen LogP contribution in [0.2, 0.25) is 10.0 Å². The van der Waals surface area contributed by atoms with Crippen LogP contribution < -0.4 is 14.4 Å². The summed E-state index contributed by atoms with van der Waals surface area (Å²) in [6.45, 7) is 2.92. The molecule has 2 aromatic carbocycles. The maximum atomic E-state index is 12.3. The summed E-state index contributed by atoms with van der Waals surface area (Å²) < 4.78 is 16.2. The molecule has 0 saturated carbocycles. The quantitative estimate of drug-likeness (QED) is 0.376. The van der Waals surface area contributed by atoms with Gasteiger partial charge >= 0.3 is 5.97 Å². The van der Waals surface area contributed by atoms with E-state index in [4.69, 9.17) is 37.4 Å². The Bertz CT molecular complexity index is 1120. The molecule has 1 heterocycles. The second-order valence-corrected chi connectivity index (χ2v) is 8.27. The minimum Gasteiger partial charge on any atom is -0.495 e. The van der Waals surface area contributed by atoms with Crippen molar-refractivity contribution in [3.05, 3.63) is 63.6 Å². The number of carbonyl (C=O) groups is 2. The SMILES string of the molecule is COc1ccccc1N(C(C)=O)c1nc(COC(=O)C(C)Oc2ccc(Cl)cc2Cl)cs1. The molecule has 1 amide bonds. The zero-order chi connectivity index (χ0) is 23.3. The number of methoxy groups -OCH3 is 1. The lowest BCUT2D eigenvalue weighted by molar-refractivity contribution is -0.152. The van der Waals surface area contributed by atoms with Gasteiger partial charge in [0, 0.05) is 17.3 Å². The standard InChI is InChI=1S/C22H20Cl2N2O5S/c1-13(31-19-9-8-15(23)10-17(19)24)21(28)30-11-16-12-32-22(25-16)26(14(2)27)18-6-4-5-7-20(18)29-3/h4-10,12-13H,11H2,1-3H3. The van der Waals surface area contributed by atoms with Gasteiger partial charge in [-0.2, -0.15) is 0 Å². The topological polar surface area (TPSA) is 78.0 Å². The molecule has 168 valence electrons. The third-order valence-corrected chi connectivity index (χ3v) is 5.67. The molecule has 3 aromatic rings. The van der Waals surface area contributed by atoms with Gasteiger partial charge in [-0.3, -0.25) is 9.69 Å². The van der Waals surface area contributed by atoms with Crippen LogP contribution >= 0.6 is 34.5 Å². The summed E-state index contributed by atoms with van der Waals surface area (Å²) in [6, 6.07) is 11.9. The Labute approximate surface area is 199 Å². The van der Waals surface area contributed by atoms with Gasteiger partial charge in [0.1, 0.15) is 18.1 Å². The van der Waals surface area contributed by atoms with Crippen molar-refractivity contribution < 1.29 is 23.8 Å². The van der Waals surface area contributed by atoms with Crippen molar-refractivity contribution in [1.29, 1.82) is 0 Å². The predicted octanol–water partition coefficient (Wildman–Crippen LogP) is 5.65. The summed E-state index contributed by atoms with van der Waals surface area (Å²) >= 11 is 13.2. The minimum atomic E-state index is -0.894. The van der Waals surface area contributed by atoms with E-state index in [0.29, 0.717) is 38.1 Å². The number of ether oxygens (including phenoxy) is 3. The first-order chi connectivity index (χ1) is 15.3. The fourth-order valence-electron chi connectivity index (χ4n) is 2.76. The van der Waals surface area contributed by atoms with Gasteiger partial charge in [0.15, 0.2) is 11.2 Å². The Kier molecular flexibility index (Phi) is 7.95. The highest BCUT2D eigenvalue weighted by Gasteiger charge is 2.22. The van der Waals surface area contributed by atoms with Crippen molar-refractivity contribution in [2.24, 2.45) is 0 Å². The Morgan fingerprint density at radius 3 is 2.59 bits per heavy atom. The van der Waals surface area contributed by atoms with Crippen molar-refractivity contribution in [2.45, 2.75) is 26.6 Å². The van der Waals surface area contributed by atoms with Crippen LogP contribution in [0.4, 0.5) is 10.8 Å². The van der Waals surface area contributed by atoms with Gasteiger partial charge in [0.05, 0.1) is 23.5 Å². The van der Waals surface area contributed by atoms with E-state index < -0.39 is 12.1 Å². The fourth-order valence-corrected chi connectivity index (χ4v) is 4.08. The van der Waals surface area contributed by atoms with Crippen LogP contribution in [0, 0.1) is 0 Å². The molecule has 0 bridgehead atoms. The Morgan fingerprint density at radius 1 is 1.16 bits per heavy atom. The van der Waals surface area contributed by atoms with Crippen molar-refractivity contribution in [2.75, 3.05) is 12.0 Å². The van der Waals surface area contributed by atoms with Gasteiger partial charge in [0.25, 0.3) is 0 Å². The molecule has 0 N–H and O–H groups in total. The number of carbonyl (C=O) groups excluding carboxylic acids is 2. The zero-order valence-corrected chi connectivity index (χ0v) is 19.8. The number of benzene rings is 2. The van der Waals surface area contributed by atoms with Crippen molar-refractivity contribution in [3.8, 4) is 11.5 Å². The molecular formula is C22H20Cl2N2O5S. The number of para-hydroxylation sites is 2. The van der Waals surface area contributed by atoms with Crippen LogP contribution in [0.5, 0.6) is 11.5 Å². The third-order valence-electron chi connectivity index (χ3n) is 4.26. The molecule has 0 radical (unpaired) electrons. The Hall–Kier alpha value is -2.81. The van der Waals surface area contributed by atoms with Crippen LogP contribution in [0.3, 0.4) is 0 Å². The van der Waals surface area contributed by atoms with E-state index >= 15 is 0 Å². The highest BCUT2D eigenvalue weighted by Crippen LogP contribution is 2.35. The van der Waals surface area contributed by atoms with Gasteiger partial charge in [0.2, 0.25) is 5.91 Å². The summed E-state index contributed by atoms with van der Waals surface area (Å²) in [5.74, 6) is 0.0519. The number of nitrogens with zero attached hydrogens (tertiary/aromatic N) is 2. The first-order valence-electron chi connectivity index (χ1n) is 9.46. The Morgan fingerprint density at radius 2 is 1.91 bits per heavy atom. The fraction of sp³-hybridized carbons (Fsp3) is 0.227. The first kappa shape index (κ1) is 23.8. The first-order valence-corrected chi connectivity index (χ1v) is 11.1. The molecule has 0 saturated heterocycles. The molecule has 0 spiro atoms. The van der Waals surface area contributed by atoms with Crippen LogP contribution in [-0.2, 0) is 20.9 Å². The number of thiazole rings is 1. The van der Waals surface area contributed by atoms with E-state index in [2.05, 4.69) is 4.98 Å². The average molecular weight is 495 g/mol. The molecule has 0 fully saturated rings. The van der Waals surface area contributed by atoms with E-state index in [1.165, 1.54) is 36.3 Å². The van der Waals surface area contributed by atoms with E-state index in [1.807, 2.05) is 6.07 Å². The highest BCUT2D eigenvalue weighted by atomic mass is 35.5. The third kappa shape index (κ3) is 5.70. The predicted molar refractivity (Wildman–Crippen MR) is 124 cm³/mol. The number of amides is 1. The number of halogens is 2. The van der Waals surface area contributed by atoms with E-state index in [1.54, 1.807) is 42.6 Å². The maximum absolute atomic E-state index is 12.3. The monoisotopic (exact) mass is 494 g/mol. The minimum absolute atomic E-state index is 0.0744. The molecule has 0 aliphatic heterocycles. The second kappa shape index (κ2) is 10.7. The van der Waals surface area contributed by atoms with Crippen molar-refractivity contribution >= 4 is 57.2 Å². The molecule has 10 heteroatoms. The lowest BCUT2D eigenvalue weighted by Crippen LogP contribution is -2.26. The van der Waals surface area contributed by atoms with E-state index in [-0.39, 0.29) is 12.5 Å². The smallest absolute Gasteiger partial charge is 0.347 e. The van der Waals surface area contributed by atoms with Gasteiger partial charge in [-0.15, -0.1) is 11.3 Å². The molecule has 1 aromatic heterocycles. The van der Waals surface area contributed by atoms with Crippen LogP contribution in [0.25, 0.3) is 0 Å². The van der Waals surface area contributed by atoms with Gasteiger partial charge in [-0.1, -0.05) is 35.3 Å². The molecule has 7 nitrogen and oxygen atoms in total. The zero-order valence-electron chi connectivity index (χ0n) is 17.5. The summed E-state index contributed by atoms with van der Waals surface area (Å²) in [5.41, 5.74) is 1.07. The number of anilines is 2. The van der Waals surface area contributed by atoms with Gasteiger partial charge < -0.3 is 14.2 Å². The number of hydrogen-bond acceptors (Lipinski definition) is 7. The van der Waals surface area contributed by atoms with E-state index in [9.17, 15) is 9.59 Å². The van der Waals surface area contributed by atoms with Crippen molar-refractivity contribution in [1.82, 2.24) is 4.98 Å². The van der Waals surface area contributed by atoms with Crippen molar-refractivity contribution in [3.63, 3.8) is 0 Å². The lowest BCUT2D eigenvalue weighted by atomic mass is 10.2. The molecular weight excluding hydrogens is 475 g/mol. The molecule has 0 aliphatic carbocycles. The summed E-state index contributed by atoms with van der Waals surface area (Å²) in [6.07, 6.45) is -0.894. The average Bonchev–Trinajstić information content (AvgIpc) is 3.22. The van der Waals surface area contributed by atoms with Gasteiger partial charge in [-0.05, 0) is 37.3 Å². The second-order valence-electron chi connectivity index (χ2n) is 6.59. The molecule has 3 rings (SSSR count). The summed E-state index contributed by atoms with van der Waals surface area (Å²) in [7, 11) is 1.53. The summed E-state index contributed by atoms with van der Waals surface area (Å²) in [5, 5.41) is 2.91. The molecule has 1 unspecified atom stereocenters. The Balaban J connectivity index is 1.66. The van der Waals surface area contributed by atoms with Crippen LogP contribution in [0.15, 0.2) is 47.8 Å². The summed E-state index contributed by atoms with van der Waals surface area (Å²) in [4.78, 5) is 30.5. The number of aromatic nitrogens is 1. The van der Waals surface area contributed by atoms with Gasteiger partial charge in [-0.25, -0.2) is 9.78 Å². The van der Waals surface area contributed by atoms with Crippen LogP contribution in [-0.4, -0.2) is 30.1 Å². The number of rotatable bonds is 8.